The van der Waals surface area contributed by atoms with Crippen LogP contribution in [0.3, 0.4) is 0 Å². The first kappa shape index (κ1) is 20.0. The number of halogens is 1. The topological polar surface area (TPSA) is 80.2 Å². The summed E-state index contributed by atoms with van der Waals surface area (Å²) in [6, 6.07) is 11.1. The predicted octanol–water partition coefficient (Wildman–Crippen LogP) is 0.185. The Labute approximate surface area is 173 Å². The zero-order valence-corrected chi connectivity index (χ0v) is 16.6. The van der Waals surface area contributed by atoms with Crippen molar-refractivity contribution >= 4 is 23.3 Å². The van der Waals surface area contributed by atoms with Crippen LogP contribution in [0, 0.1) is 5.82 Å². The van der Waals surface area contributed by atoms with Crippen molar-refractivity contribution < 1.29 is 28.4 Å². The predicted molar refractivity (Wildman–Crippen MR) is 107 cm³/mol. The van der Waals surface area contributed by atoms with Gasteiger partial charge in [-0.3, -0.25) is 19.7 Å². The van der Waals surface area contributed by atoms with Crippen molar-refractivity contribution in [2.24, 2.45) is 0 Å². The fourth-order valence-electron chi connectivity index (χ4n) is 4.08. The van der Waals surface area contributed by atoms with E-state index in [1.807, 2.05) is 12.1 Å². The molecule has 2 aromatic rings. The quantitative estimate of drug-likeness (QED) is 0.541. The number of nitrogens with zero attached hydrogens (tertiary/aromatic N) is 1. The van der Waals surface area contributed by atoms with Gasteiger partial charge in [0, 0.05) is 16.8 Å². The molecule has 1 atom stereocenters. The summed E-state index contributed by atoms with van der Waals surface area (Å²) in [4.78, 5) is 39.3. The van der Waals surface area contributed by atoms with Crippen molar-refractivity contribution in [1.82, 2.24) is 5.32 Å². The molecule has 4 rings (SSSR count). The number of quaternary nitrogens is 1. The average Bonchev–Trinajstić information content (AvgIpc) is 3.11. The molecule has 8 heteroatoms. The second-order valence-corrected chi connectivity index (χ2v) is 7.54. The average molecular weight is 412 g/mol. The van der Waals surface area contributed by atoms with Gasteiger partial charge in [0.15, 0.2) is 23.4 Å². The Morgan fingerprint density at radius 3 is 2.33 bits per heavy atom. The monoisotopic (exact) mass is 412 g/mol. The smallest absolute Gasteiger partial charge is 0.285 e. The van der Waals surface area contributed by atoms with E-state index >= 15 is 0 Å². The number of benzene rings is 2. The number of rotatable bonds is 5. The van der Waals surface area contributed by atoms with Crippen LogP contribution in [-0.4, -0.2) is 56.9 Å². The van der Waals surface area contributed by atoms with Crippen LogP contribution in [0.5, 0.6) is 5.75 Å². The maximum Gasteiger partial charge on any atom is 0.285 e. The molecule has 2 aliphatic rings. The summed E-state index contributed by atoms with van der Waals surface area (Å²) in [5, 5.41) is 2.37. The number of ether oxygens (including phenoxy) is 1. The molecule has 0 bridgehead atoms. The Morgan fingerprint density at radius 1 is 1.10 bits per heavy atom. The standard InChI is InChI=1S/C22H22FN3O4/c1-30-19-7-4-15(12-17(19)23)21(28)14-2-5-16(6-3-14)25-8-10-26(11-9-25)18-13-20(27)24-22(18)29/h2-7,12,18H,8-11,13H2,1H3,(H,24,27,29)/p+1/t18-/m1/s1. The third-order valence-electron chi connectivity index (χ3n) is 5.78. The van der Waals surface area contributed by atoms with Gasteiger partial charge in [0.1, 0.15) is 0 Å². The molecule has 2 heterocycles. The highest BCUT2D eigenvalue weighted by Crippen LogP contribution is 2.21. The second-order valence-electron chi connectivity index (χ2n) is 7.54. The van der Waals surface area contributed by atoms with Crippen molar-refractivity contribution in [1.29, 1.82) is 0 Å². The SMILES string of the molecule is COc1ccc(C(=O)c2ccc(N3CC[NH+]([C@@H]4CC(=O)NC4=O)CC3)cc2)cc1F. The van der Waals surface area contributed by atoms with Crippen molar-refractivity contribution in [3.05, 3.63) is 59.4 Å². The summed E-state index contributed by atoms with van der Waals surface area (Å²) >= 11 is 0. The fourth-order valence-corrected chi connectivity index (χ4v) is 4.08. The number of carbonyl (C=O) groups is 3. The van der Waals surface area contributed by atoms with Crippen LogP contribution in [0.1, 0.15) is 22.3 Å². The van der Waals surface area contributed by atoms with E-state index in [1.54, 1.807) is 18.2 Å². The lowest BCUT2D eigenvalue weighted by Gasteiger charge is -2.35. The Balaban J connectivity index is 1.39. The van der Waals surface area contributed by atoms with E-state index in [9.17, 15) is 18.8 Å². The summed E-state index contributed by atoms with van der Waals surface area (Å²) in [5.41, 5.74) is 1.73. The van der Waals surface area contributed by atoms with Gasteiger partial charge in [0.05, 0.1) is 39.7 Å². The van der Waals surface area contributed by atoms with Crippen LogP contribution in [0.2, 0.25) is 0 Å². The van der Waals surface area contributed by atoms with Crippen molar-refractivity contribution in [2.45, 2.75) is 12.5 Å². The number of imide groups is 1. The molecule has 7 nitrogen and oxygen atoms in total. The van der Waals surface area contributed by atoms with Gasteiger partial charge in [-0.05, 0) is 42.5 Å². The van der Waals surface area contributed by atoms with Crippen LogP contribution in [-0.2, 0) is 9.59 Å². The molecule has 2 saturated heterocycles. The van der Waals surface area contributed by atoms with Crippen LogP contribution < -0.4 is 19.9 Å². The van der Waals surface area contributed by atoms with E-state index in [0.29, 0.717) is 5.56 Å². The molecule has 0 saturated carbocycles. The summed E-state index contributed by atoms with van der Waals surface area (Å²) < 4.78 is 18.8. The first-order valence-corrected chi connectivity index (χ1v) is 9.88. The van der Waals surface area contributed by atoms with Crippen molar-refractivity contribution in [2.75, 3.05) is 38.2 Å². The minimum absolute atomic E-state index is 0.0996. The zero-order valence-electron chi connectivity index (χ0n) is 16.6. The second kappa shape index (κ2) is 8.23. The lowest BCUT2D eigenvalue weighted by molar-refractivity contribution is -0.915. The number of anilines is 1. The number of nitrogens with one attached hydrogen (secondary N) is 2. The molecule has 156 valence electrons. The molecule has 30 heavy (non-hydrogen) atoms. The number of amides is 2. The fraction of sp³-hybridized carbons (Fsp3) is 0.318. The Morgan fingerprint density at radius 2 is 1.77 bits per heavy atom. The molecule has 0 unspecified atom stereocenters. The summed E-state index contributed by atoms with van der Waals surface area (Å²) in [7, 11) is 1.38. The molecule has 2 aliphatic heterocycles. The van der Waals surface area contributed by atoms with Crippen LogP contribution >= 0.6 is 0 Å². The maximum atomic E-state index is 13.9. The number of hydrogen-bond donors (Lipinski definition) is 2. The molecule has 0 spiro atoms. The highest BCUT2D eigenvalue weighted by molar-refractivity contribution is 6.09. The summed E-state index contributed by atoms with van der Waals surface area (Å²) in [6.07, 6.45) is 0.261. The van der Waals surface area contributed by atoms with E-state index in [1.165, 1.54) is 19.2 Å². The molecule has 2 amide bonds. The van der Waals surface area contributed by atoms with Gasteiger partial charge >= 0.3 is 0 Å². The Hall–Kier alpha value is -3.26. The minimum atomic E-state index is -0.571. The van der Waals surface area contributed by atoms with Gasteiger partial charge in [-0.15, -0.1) is 0 Å². The maximum absolute atomic E-state index is 13.9. The van der Waals surface area contributed by atoms with E-state index in [4.69, 9.17) is 4.74 Å². The van der Waals surface area contributed by atoms with Gasteiger partial charge in [0.2, 0.25) is 5.91 Å². The van der Waals surface area contributed by atoms with Gasteiger partial charge in [0.25, 0.3) is 5.91 Å². The van der Waals surface area contributed by atoms with Crippen LogP contribution in [0.15, 0.2) is 42.5 Å². The van der Waals surface area contributed by atoms with E-state index in [2.05, 4.69) is 10.2 Å². The molecule has 2 fully saturated rings. The van der Waals surface area contributed by atoms with Gasteiger partial charge < -0.3 is 14.5 Å². The zero-order chi connectivity index (χ0) is 21.3. The van der Waals surface area contributed by atoms with Crippen molar-refractivity contribution in [3.8, 4) is 5.75 Å². The van der Waals surface area contributed by atoms with Gasteiger partial charge in [-0.2, -0.15) is 0 Å². The Kier molecular flexibility index (Phi) is 5.50. The van der Waals surface area contributed by atoms with Crippen molar-refractivity contribution in [3.63, 3.8) is 0 Å². The largest absolute Gasteiger partial charge is 0.494 e. The lowest BCUT2D eigenvalue weighted by atomic mass is 10.0. The molecular weight excluding hydrogens is 389 g/mol. The van der Waals surface area contributed by atoms with Crippen LogP contribution in [0.25, 0.3) is 0 Å². The third-order valence-corrected chi connectivity index (χ3v) is 5.78. The third kappa shape index (κ3) is 3.91. The molecule has 2 aromatic carbocycles. The number of ketones is 1. The number of piperazine rings is 1. The number of methoxy groups -OCH3 is 1. The van der Waals surface area contributed by atoms with E-state index in [-0.39, 0.29) is 41.4 Å². The molecule has 0 aromatic heterocycles. The molecule has 0 radical (unpaired) electrons. The first-order chi connectivity index (χ1) is 14.5. The van der Waals surface area contributed by atoms with E-state index < -0.39 is 5.82 Å². The summed E-state index contributed by atoms with van der Waals surface area (Å²) in [5.74, 6) is -1.10. The molecular formula is C22H23FN3O4+. The normalized spacial score (nSPS) is 19.7. The highest BCUT2D eigenvalue weighted by atomic mass is 19.1. The first-order valence-electron chi connectivity index (χ1n) is 9.88. The summed E-state index contributed by atoms with van der Waals surface area (Å²) in [6.45, 7) is 3.03. The lowest BCUT2D eigenvalue weighted by Crippen LogP contribution is -3.19. The minimum Gasteiger partial charge on any atom is -0.494 e. The molecule has 0 aliphatic carbocycles. The highest BCUT2D eigenvalue weighted by Gasteiger charge is 2.40. The van der Waals surface area contributed by atoms with E-state index in [0.717, 1.165) is 36.8 Å². The number of carbonyl (C=O) groups excluding carboxylic acids is 3. The molecule has 2 N–H and O–H groups in total. The number of hydrogen-bond acceptors (Lipinski definition) is 5. The van der Waals surface area contributed by atoms with Gasteiger partial charge in [-0.1, -0.05) is 0 Å². The van der Waals surface area contributed by atoms with Crippen LogP contribution in [0.4, 0.5) is 10.1 Å². The van der Waals surface area contributed by atoms with Gasteiger partial charge in [-0.25, -0.2) is 4.39 Å². The Bertz CT molecular complexity index is 984.